The zero-order valence-electron chi connectivity index (χ0n) is 17.4. The van der Waals surface area contributed by atoms with Crippen LogP contribution in [-0.2, 0) is 4.79 Å². The number of nitrogens with zero attached hydrogens (tertiary/aromatic N) is 3. The Kier molecular flexibility index (Phi) is 7.86. The molecule has 29 heavy (non-hydrogen) atoms. The highest BCUT2D eigenvalue weighted by molar-refractivity contribution is 6.30. The lowest BCUT2D eigenvalue weighted by atomic mass is 10.2. The van der Waals surface area contributed by atoms with Crippen molar-refractivity contribution in [2.24, 2.45) is 4.99 Å². The highest BCUT2D eigenvalue weighted by atomic mass is 35.5. The summed E-state index contributed by atoms with van der Waals surface area (Å²) in [7, 11) is 1.68. The molecule has 0 aliphatic carbocycles. The van der Waals surface area contributed by atoms with E-state index in [2.05, 4.69) is 20.5 Å². The molecule has 1 aromatic rings. The molecule has 2 aliphatic heterocycles. The van der Waals surface area contributed by atoms with Gasteiger partial charge < -0.3 is 25.2 Å². The van der Waals surface area contributed by atoms with Crippen molar-refractivity contribution in [2.45, 2.75) is 38.6 Å². The summed E-state index contributed by atoms with van der Waals surface area (Å²) < 4.78 is 5.49. The van der Waals surface area contributed by atoms with E-state index in [1.807, 2.05) is 30.0 Å². The number of rotatable bonds is 7. The van der Waals surface area contributed by atoms with Crippen molar-refractivity contribution in [1.82, 2.24) is 15.5 Å². The zero-order chi connectivity index (χ0) is 20.6. The van der Waals surface area contributed by atoms with E-state index in [-0.39, 0.29) is 11.9 Å². The topological polar surface area (TPSA) is 69.2 Å². The lowest BCUT2D eigenvalue weighted by molar-refractivity contribution is -0.129. The van der Waals surface area contributed by atoms with Crippen LogP contribution in [0.15, 0.2) is 23.2 Å². The van der Waals surface area contributed by atoms with Crippen molar-refractivity contribution in [1.29, 1.82) is 0 Å². The predicted octanol–water partition coefficient (Wildman–Crippen LogP) is 2.49. The molecule has 3 rings (SSSR count). The second-order valence-electron chi connectivity index (χ2n) is 7.49. The highest BCUT2D eigenvalue weighted by Gasteiger charge is 2.25. The van der Waals surface area contributed by atoms with Crippen molar-refractivity contribution in [3.05, 3.63) is 23.2 Å². The Labute approximate surface area is 178 Å². The summed E-state index contributed by atoms with van der Waals surface area (Å²) in [6.45, 7) is 6.88. The standard InChI is InChI=1S/C21H32ClN5O2/c1-3-23-21(24-10-8-20(28)26-11-4-5-12-26)25-17-9-13-27(15-17)18-14-16(22)6-7-19(18)29-2/h6-7,14,17H,3-5,8-13,15H2,1-2H3,(H2,23,24,25). The molecule has 7 nitrogen and oxygen atoms in total. The molecule has 2 heterocycles. The molecule has 2 saturated heterocycles. The number of anilines is 1. The van der Waals surface area contributed by atoms with E-state index in [1.54, 1.807) is 7.11 Å². The van der Waals surface area contributed by atoms with Gasteiger partial charge in [0.1, 0.15) is 5.75 Å². The molecule has 0 saturated carbocycles. The Balaban J connectivity index is 1.54. The minimum Gasteiger partial charge on any atom is -0.495 e. The van der Waals surface area contributed by atoms with Gasteiger partial charge in [-0.1, -0.05) is 11.6 Å². The summed E-state index contributed by atoms with van der Waals surface area (Å²) in [5, 5.41) is 7.50. The number of likely N-dealkylation sites (tertiary alicyclic amines) is 1. The van der Waals surface area contributed by atoms with Crippen LogP contribution < -0.4 is 20.3 Å². The van der Waals surface area contributed by atoms with Crippen LogP contribution in [0.1, 0.15) is 32.6 Å². The Bertz CT molecular complexity index is 721. The van der Waals surface area contributed by atoms with Crippen molar-refractivity contribution in [3.8, 4) is 5.75 Å². The van der Waals surface area contributed by atoms with Crippen LogP contribution in [0.3, 0.4) is 0 Å². The first-order valence-corrected chi connectivity index (χ1v) is 10.9. The molecule has 1 amide bonds. The van der Waals surface area contributed by atoms with Crippen molar-refractivity contribution in [2.75, 3.05) is 51.3 Å². The summed E-state index contributed by atoms with van der Waals surface area (Å²) in [5.74, 6) is 1.81. The number of carbonyl (C=O) groups is 1. The summed E-state index contributed by atoms with van der Waals surface area (Å²) in [5.41, 5.74) is 1.02. The molecular weight excluding hydrogens is 390 g/mol. The van der Waals surface area contributed by atoms with Gasteiger partial charge in [0.2, 0.25) is 5.91 Å². The maximum absolute atomic E-state index is 12.2. The number of benzene rings is 1. The number of hydrogen-bond acceptors (Lipinski definition) is 4. The molecule has 1 aromatic carbocycles. The number of ether oxygens (including phenoxy) is 1. The van der Waals surface area contributed by atoms with Gasteiger partial charge in [0.15, 0.2) is 5.96 Å². The minimum atomic E-state index is 0.210. The molecule has 2 fully saturated rings. The predicted molar refractivity (Wildman–Crippen MR) is 118 cm³/mol. The number of hydrogen-bond donors (Lipinski definition) is 2. The van der Waals surface area contributed by atoms with E-state index >= 15 is 0 Å². The third-order valence-electron chi connectivity index (χ3n) is 5.41. The lowest BCUT2D eigenvalue weighted by Gasteiger charge is -2.22. The van der Waals surface area contributed by atoms with Crippen molar-refractivity contribution in [3.63, 3.8) is 0 Å². The average Bonchev–Trinajstić information content (AvgIpc) is 3.40. The van der Waals surface area contributed by atoms with Crippen LogP contribution in [0.4, 0.5) is 5.69 Å². The smallest absolute Gasteiger partial charge is 0.224 e. The number of nitrogens with one attached hydrogen (secondary N) is 2. The van der Waals surface area contributed by atoms with Crippen molar-refractivity contribution < 1.29 is 9.53 Å². The third kappa shape index (κ3) is 5.92. The zero-order valence-corrected chi connectivity index (χ0v) is 18.2. The second kappa shape index (κ2) is 10.6. The highest BCUT2D eigenvalue weighted by Crippen LogP contribution is 2.33. The Hall–Kier alpha value is -2.15. The summed E-state index contributed by atoms with van der Waals surface area (Å²) in [6.07, 6.45) is 3.70. The van der Waals surface area contributed by atoms with Gasteiger partial charge in [0, 0.05) is 50.2 Å². The Morgan fingerprint density at radius 1 is 1.31 bits per heavy atom. The largest absolute Gasteiger partial charge is 0.495 e. The third-order valence-corrected chi connectivity index (χ3v) is 5.64. The van der Waals surface area contributed by atoms with Crippen molar-refractivity contribution >= 4 is 29.2 Å². The summed E-state index contributed by atoms with van der Waals surface area (Å²) >= 11 is 6.19. The molecular formula is C21H32ClN5O2. The number of halogens is 1. The molecule has 0 bridgehead atoms. The number of methoxy groups -OCH3 is 1. The second-order valence-corrected chi connectivity index (χ2v) is 7.93. The van der Waals surface area contributed by atoms with Gasteiger partial charge >= 0.3 is 0 Å². The molecule has 0 radical (unpaired) electrons. The fourth-order valence-corrected chi connectivity index (χ4v) is 4.07. The molecule has 0 spiro atoms. The minimum absolute atomic E-state index is 0.210. The maximum Gasteiger partial charge on any atom is 0.224 e. The molecule has 2 N–H and O–H groups in total. The molecule has 2 aliphatic rings. The molecule has 160 valence electrons. The lowest BCUT2D eigenvalue weighted by Crippen LogP contribution is -2.44. The van der Waals surface area contributed by atoms with E-state index in [0.29, 0.717) is 18.0 Å². The monoisotopic (exact) mass is 421 g/mol. The Morgan fingerprint density at radius 3 is 2.83 bits per heavy atom. The molecule has 0 aromatic heterocycles. The van der Waals surface area contributed by atoms with Gasteiger partial charge in [-0.15, -0.1) is 0 Å². The van der Waals surface area contributed by atoms with Crippen LogP contribution in [0.25, 0.3) is 0 Å². The quantitative estimate of drug-likeness (QED) is 0.523. The summed E-state index contributed by atoms with van der Waals surface area (Å²) in [4.78, 5) is 21.0. The first-order chi connectivity index (χ1) is 14.1. The number of amides is 1. The summed E-state index contributed by atoms with van der Waals surface area (Å²) in [6, 6.07) is 5.97. The molecule has 1 unspecified atom stereocenters. The maximum atomic E-state index is 12.2. The molecule has 1 atom stereocenters. The van der Waals surface area contributed by atoms with E-state index in [9.17, 15) is 4.79 Å². The van der Waals surface area contributed by atoms with Gasteiger partial charge in [-0.05, 0) is 44.4 Å². The van der Waals surface area contributed by atoms with Crippen LogP contribution in [0.2, 0.25) is 5.02 Å². The fraction of sp³-hybridized carbons (Fsp3) is 0.619. The van der Waals surface area contributed by atoms with Crippen LogP contribution >= 0.6 is 11.6 Å². The van der Waals surface area contributed by atoms with E-state index < -0.39 is 0 Å². The van der Waals surface area contributed by atoms with Crippen LogP contribution in [0, 0.1) is 0 Å². The fourth-order valence-electron chi connectivity index (χ4n) is 3.91. The van der Waals surface area contributed by atoms with Gasteiger partial charge in [-0.3, -0.25) is 9.79 Å². The van der Waals surface area contributed by atoms with Crippen LogP contribution in [0.5, 0.6) is 5.75 Å². The first-order valence-electron chi connectivity index (χ1n) is 10.5. The first kappa shape index (κ1) is 21.6. The van der Waals surface area contributed by atoms with Crippen LogP contribution in [-0.4, -0.2) is 69.2 Å². The van der Waals surface area contributed by atoms with Gasteiger partial charge in [0.05, 0.1) is 19.3 Å². The Morgan fingerprint density at radius 2 is 2.10 bits per heavy atom. The normalized spacial score (nSPS) is 19.6. The van der Waals surface area contributed by atoms with E-state index in [1.165, 1.54) is 0 Å². The van der Waals surface area contributed by atoms with Gasteiger partial charge in [-0.2, -0.15) is 0 Å². The van der Waals surface area contributed by atoms with Gasteiger partial charge in [-0.25, -0.2) is 0 Å². The average molecular weight is 422 g/mol. The number of guanidine groups is 1. The SMILES string of the molecule is CCNC(=NCCC(=O)N1CCCC1)NC1CCN(c2cc(Cl)ccc2OC)C1. The van der Waals surface area contributed by atoms with Gasteiger partial charge in [0.25, 0.3) is 0 Å². The number of aliphatic imine (C=N–C) groups is 1. The van der Waals surface area contributed by atoms with E-state index in [4.69, 9.17) is 16.3 Å². The molecule has 8 heteroatoms. The number of carbonyl (C=O) groups excluding carboxylic acids is 1. The van der Waals surface area contributed by atoms with E-state index in [0.717, 1.165) is 69.4 Å².